The molecule has 1 spiro atoms. The van der Waals surface area contributed by atoms with Gasteiger partial charge in [-0.3, -0.25) is 4.79 Å². The van der Waals surface area contributed by atoms with E-state index in [2.05, 4.69) is 13.8 Å². The van der Waals surface area contributed by atoms with Gasteiger partial charge in [-0.15, -0.1) is 0 Å². The van der Waals surface area contributed by atoms with Gasteiger partial charge >= 0.3 is 0 Å². The van der Waals surface area contributed by atoms with E-state index in [1.807, 2.05) is 0 Å². The minimum atomic E-state index is 0.181. The lowest BCUT2D eigenvalue weighted by Gasteiger charge is -2.02. The van der Waals surface area contributed by atoms with Crippen molar-refractivity contribution in [2.24, 2.45) is 17.3 Å². The summed E-state index contributed by atoms with van der Waals surface area (Å²) >= 11 is 0. The van der Waals surface area contributed by atoms with E-state index in [0.29, 0.717) is 17.6 Å². The fourth-order valence-electron chi connectivity index (χ4n) is 2.74. The molecular weight excluding hydrogens is 124 g/mol. The first-order valence-corrected chi connectivity index (χ1v) is 4.23. The number of ketones is 1. The molecule has 0 bridgehead atoms. The summed E-state index contributed by atoms with van der Waals surface area (Å²) in [6, 6.07) is 0. The van der Waals surface area contributed by atoms with Gasteiger partial charge in [0.1, 0.15) is 5.78 Å². The average molecular weight is 138 g/mol. The van der Waals surface area contributed by atoms with Crippen LogP contribution >= 0.6 is 0 Å². The van der Waals surface area contributed by atoms with Crippen LogP contribution in [0.25, 0.3) is 0 Å². The van der Waals surface area contributed by atoms with E-state index >= 15 is 0 Å². The van der Waals surface area contributed by atoms with Crippen molar-refractivity contribution in [2.45, 2.75) is 33.1 Å². The summed E-state index contributed by atoms with van der Waals surface area (Å²) in [5.74, 6) is 1.91. The van der Waals surface area contributed by atoms with Crippen LogP contribution in [0.5, 0.6) is 0 Å². The van der Waals surface area contributed by atoms with E-state index in [9.17, 15) is 4.79 Å². The van der Waals surface area contributed by atoms with Crippen LogP contribution in [0.1, 0.15) is 33.1 Å². The van der Waals surface area contributed by atoms with Crippen molar-refractivity contribution < 1.29 is 4.79 Å². The summed E-state index contributed by atoms with van der Waals surface area (Å²) in [6.45, 7) is 4.43. The fraction of sp³-hybridized carbons (Fsp3) is 0.889. The third-order valence-electron chi connectivity index (χ3n) is 3.78. The Morgan fingerprint density at radius 2 is 2.00 bits per heavy atom. The van der Waals surface area contributed by atoms with E-state index in [0.717, 1.165) is 12.8 Å². The smallest absolute Gasteiger partial charge is 0.139 e. The lowest BCUT2D eigenvalue weighted by Crippen LogP contribution is -2.10. The second-order valence-electron chi connectivity index (χ2n) is 3.89. The molecule has 0 aromatic heterocycles. The van der Waals surface area contributed by atoms with Gasteiger partial charge in [0.2, 0.25) is 0 Å². The molecule has 0 radical (unpaired) electrons. The topological polar surface area (TPSA) is 17.1 Å². The molecule has 0 amide bonds. The lowest BCUT2D eigenvalue weighted by molar-refractivity contribution is -0.122. The van der Waals surface area contributed by atoms with Gasteiger partial charge in [0.15, 0.2) is 0 Å². The van der Waals surface area contributed by atoms with Crippen LogP contribution in [0.15, 0.2) is 0 Å². The van der Waals surface area contributed by atoms with E-state index < -0.39 is 0 Å². The number of hydrogen-bond donors (Lipinski definition) is 0. The van der Waals surface area contributed by atoms with Gasteiger partial charge in [0.05, 0.1) is 0 Å². The molecule has 2 aliphatic rings. The van der Waals surface area contributed by atoms with Gasteiger partial charge in [-0.1, -0.05) is 13.8 Å². The van der Waals surface area contributed by atoms with Crippen LogP contribution in [0.3, 0.4) is 0 Å². The first-order valence-electron chi connectivity index (χ1n) is 4.23. The molecule has 0 saturated heterocycles. The number of Topliss-reactive ketones (excluding diaryl/α,β-unsaturated/α-hetero) is 1. The predicted octanol–water partition coefficient (Wildman–Crippen LogP) is 2.01. The summed E-state index contributed by atoms with van der Waals surface area (Å²) in [6.07, 6.45) is 3.18. The van der Waals surface area contributed by atoms with E-state index in [-0.39, 0.29) is 5.41 Å². The van der Waals surface area contributed by atoms with Crippen LogP contribution in [0.4, 0.5) is 0 Å². The molecule has 2 saturated carbocycles. The molecule has 1 heteroatoms. The van der Waals surface area contributed by atoms with Crippen molar-refractivity contribution in [1.82, 2.24) is 0 Å². The summed E-state index contributed by atoms with van der Waals surface area (Å²) in [5, 5.41) is 0. The monoisotopic (exact) mass is 138 g/mol. The lowest BCUT2D eigenvalue weighted by atomic mass is 10.00. The molecule has 0 aromatic rings. The highest BCUT2D eigenvalue weighted by Crippen LogP contribution is 2.65. The molecule has 0 heterocycles. The molecule has 2 fully saturated rings. The van der Waals surface area contributed by atoms with Gasteiger partial charge in [0.25, 0.3) is 0 Å². The molecule has 2 aliphatic carbocycles. The Kier molecular flexibility index (Phi) is 1.04. The predicted molar refractivity (Wildman–Crippen MR) is 39.6 cm³/mol. The van der Waals surface area contributed by atoms with Crippen molar-refractivity contribution in [2.75, 3.05) is 0 Å². The first kappa shape index (κ1) is 6.38. The van der Waals surface area contributed by atoms with Crippen LogP contribution in [0, 0.1) is 17.3 Å². The van der Waals surface area contributed by atoms with Gasteiger partial charge in [0, 0.05) is 11.8 Å². The third kappa shape index (κ3) is 0.480. The van der Waals surface area contributed by atoms with Crippen LogP contribution < -0.4 is 0 Å². The third-order valence-corrected chi connectivity index (χ3v) is 3.78. The highest BCUT2D eigenvalue weighted by Gasteiger charge is 2.64. The molecular formula is C9H14O. The zero-order valence-corrected chi connectivity index (χ0v) is 6.68. The fourth-order valence-corrected chi connectivity index (χ4v) is 2.74. The summed E-state index contributed by atoms with van der Waals surface area (Å²) in [5.41, 5.74) is 0.181. The van der Waals surface area contributed by atoms with Crippen LogP contribution in [0.2, 0.25) is 0 Å². The van der Waals surface area contributed by atoms with Gasteiger partial charge in [-0.2, -0.15) is 0 Å². The quantitative estimate of drug-likeness (QED) is 0.500. The zero-order valence-electron chi connectivity index (χ0n) is 6.68. The van der Waals surface area contributed by atoms with E-state index in [4.69, 9.17) is 0 Å². The molecule has 1 nitrogen and oxygen atoms in total. The van der Waals surface area contributed by atoms with Crippen molar-refractivity contribution >= 4 is 5.78 Å². The molecule has 56 valence electrons. The normalized spacial score (nSPS) is 52.4. The molecule has 10 heavy (non-hydrogen) atoms. The highest BCUT2D eigenvalue weighted by atomic mass is 16.1. The van der Waals surface area contributed by atoms with Crippen LogP contribution in [-0.4, -0.2) is 5.78 Å². The van der Waals surface area contributed by atoms with Crippen molar-refractivity contribution in [3.8, 4) is 0 Å². The summed E-state index contributed by atoms with van der Waals surface area (Å²) < 4.78 is 0. The summed E-state index contributed by atoms with van der Waals surface area (Å²) in [7, 11) is 0. The maximum Gasteiger partial charge on any atom is 0.139 e. The second-order valence-corrected chi connectivity index (χ2v) is 3.89. The van der Waals surface area contributed by atoms with E-state index in [1.165, 1.54) is 6.42 Å². The van der Waals surface area contributed by atoms with E-state index in [1.54, 1.807) is 0 Å². The van der Waals surface area contributed by atoms with Crippen molar-refractivity contribution in [3.05, 3.63) is 0 Å². The van der Waals surface area contributed by atoms with Gasteiger partial charge in [-0.25, -0.2) is 0 Å². The SMILES string of the molecule is C[C@@H]1[C@@H](C)C12CCCC2=O. The Morgan fingerprint density at radius 3 is 2.20 bits per heavy atom. The maximum absolute atomic E-state index is 11.4. The highest BCUT2D eigenvalue weighted by molar-refractivity contribution is 5.90. The Morgan fingerprint density at radius 1 is 1.40 bits per heavy atom. The second kappa shape index (κ2) is 1.63. The number of hydrogen-bond acceptors (Lipinski definition) is 1. The minimum Gasteiger partial charge on any atom is -0.299 e. The molecule has 0 aliphatic heterocycles. The number of carbonyl (C=O) groups is 1. The molecule has 0 aromatic carbocycles. The number of carbonyl (C=O) groups excluding carboxylic acids is 1. The Bertz CT molecular complexity index is 175. The molecule has 0 N–H and O–H groups in total. The Balaban J connectivity index is 2.25. The zero-order chi connectivity index (χ0) is 7.35. The number of rotatable bonds is 0. The first-order chi connectivity index (χ1) is 4.69. The minimum absolute atomic E-state index is 0.181. The Hall–Kier alpha value is -0.330. The molecule has 2 rings (SSSR count). The van der Waals surface area contributed by atoms with Crippen molar-refractivity contribution in [1.29, 1.82) is 0 Å². The summed E-state index contributed by atoms with van der Waals surface area (Å²) in [4.78, 5) is 11.4. The molecule has 0 unspecified atom stereocenters. The largest absolute Gasteiger partial charge is 0.299 e. The van der Waals surface area contributed by atoms with Gasteiger partial charge < -0.3 is 0 Å². The standard InChI is InChI=1S/C9H14O/c1-6-7(2)9(6)5-3-4-8(9)10/h6-7H,3-5H2,1-2H3/t6-,7-/m1/s1. The Labute approximate surface area is 61.8 Å². The maximum atomic E-state index is 11.4. The average Bonchev–Trinajstić information content (AvgIpc) is 2.28. The van der Waals surface area contributed by atoms with Crippen LogP contribution in [-0.2, 0) is 4.79 Å². The van der Waals surface area contributed by atoms with Gasteiger partial charge in [-0.05, 0) is 24.7 Å². The molecule has 2 atom stereocenters. The van der Waals surface area contributed by atoms with Crippen molar-refractivity contribution in [3.63, 3.8) is 0 Å².